The summed E-state index contributed by atoms with van der Waals surface area (Å²) >= 11 is 0. The van der Waals surface area contributed by atoms with E-state index in [1.165, 1.54) is 69.4 Å². The van der Waals surface area contributed by atoms with Crippen LogP contribution in [0.2, 0.25) is 0 Å². The molecule has 0 saturated carbocycles. The van der Waals surface area contributed by atoms with E-state index in [9.17, 15) is 4.79 Å². The summed E-state index contributed by atoms with van der Waals surface area (Å²) in [4.78, 5) is 11.6. The van der Waals surface area contributed by atoms with E-state index in [1.807, 2.05) is 6.92 Å². The number of fused-ring (bicyclic) bond motifs is 1. The maximum absolute atomic E-state index is 11.6. The van der Waals surface area contributed by atoms with Crippen LogP contribution in [-0.2, 0) is 11.2 Å². The summed E-state index contributed by atoms with van der Waals surface area (Å²) in [7, 11) is 0. The van der Waals surface area contributed by atoms with Crippen molar-refractivity contribution in [1.82, 2.24) is 0 Å². The molecule has 1 aliphatic rings. The first-order valence-corrected chi connectivity index (χ1v) is 13.6. The van der Waals surface area contributed by atoms with Gasteiger partial charge in [-0.15, -0.1) is 6.58 Å². The number of benzene rings is 1. The van der Waals surface area contributed by atoms with Gasteiger partial charge in [0.1, 0.15) is 17.1 Å². The highest BCUT2D eigenvalue weighted by Crippen LogP contribution is 2.45. The third kappa shape index (κ3) is 8.17. The number of carbonyl (C=O) groups is 1. The molecule has 3 nitrogen and oxygen atoms in total. The van der Waals surface area contributed by atoms with Crippen molar-refractivity contribution in [1.29, 1.82) is 0 Å². The molecule has 3 heteroatoms. The van der Waals surface area contributed by atoms with Gasteiger partial charge in [0, 0.05) is 12.5 Å². The lowest BCUT2D eigenvalue weighted by molar-refractivity contribution is -0.132. The Labute approximate surface area is 209 Å². The minimum atomic E-state index is -0.265. The van der Waals surface area contributed by atoms with Gasteiger partial charge in [0.05, 0.1) is 0 Å². The molecule has 0 aromatic heterocycles. The smallest absolute Gasteiger partial charge is 0.308 e. The first-order valence-electron chi connectivity index (χ1n) is 13.6. The van der Waals surface area contributed by atoms with Crippen molar-refractivity contribution in [2.24, 2.45) is 11.8 Å². The summed E-state index contributed by atoms with van der Waals surface area (Å²) in [6.07, 6.45) is 13.4. The highest BCUT2D eigenvalue weighted by molar-refractivity contribution is 5.72. The summed E-state index contributed by atoms with van der Waals surface area (Å²) in [6.45, 7) is 20.9. The SMILES string of the molecule is C=C(C)CCCC(C)CCCC(C)CCCC1(C)CCc2c(C)c(OC(C)=O)c(C)c(C)c2O1. The third-order valence-electron chi connectivity index (χ3n) is 7.91. The van der Waals surface area contributed by atoms with Crippen molar-refractivity contribution in [3.05, 3.63) is 34.4 Å². The van der Waals surface area contributed by atoms with Gasteiger partial charge in [0.2, 0.25) is 0 Å². The molecule has 0 aliphatic carbocycles. The maximum atomic E-state index is 11.6. The standard InChI is InChI=1S/C31H50O3/c1-21(2)13-10-14-22(3)15-11-16-23(4)17-12-19-31(9)20-18-28-26(7)29(33-27(8)32)24(5)25(6)30(28)34-31/h22-23H,1,10-20H2,2-9H3. The molecular formula is C31H50O3. The van der Waals surface area contributed by atoms with Crippen LogP contribution in [0.3, 0.4) is 0 Å². The predicted octanol–water partition coefficient (Wildman–Crippen LogP) is 8.98. The average molecular weight is 471 g/mol. The Morgan fingerprint density at radius 2 is 1.56 bits per heavy atom. The van der Waals surface area contributed by atoms with E-state index in [-0.39, 0.29) is 11.6 Å². The van der Waals surface area contributed by atoms with E-state index in [4.69, 9.17) is 9.47 Å². The molecule has 0 amide bonds. The zero-order valence-electron chi connectivity index (χ0n) is 23.4. The number of allylic oxidation sites excluding steroid dienone is 1. The third-order valence-corrected chi connectivity index (χ3v) is 7.91. The molecule has 2 rings (SSSR count). The Kier molecular flexibility index (Phi) is 10.7. The van der Waals surface area contributed by atoms with Gasteiger partial charge in [-0.1, -0.05) is 51.5 Å². The first kappa shape index (κ1) is 28.5. The van der Waals surface area contributed by atoms with Crippen molar-refractivity contribution in [2.75, 3.05) is 0 Å². The van der Waals surface area contributed by atoms with Crippen LogP contribution < -0.4 is 9.47 Å². The highest BCUT2D eigenvalue weighted by Gasteiger charge is 2.34. The van der Waals surface area contributed by atoms with Gasteiger partial charge in [-0.3, -0.25) is 4.79 Å². The molecule has 0 radical (unpaired) electrons. The van der Waals surface area contributed by atoms with Gasteiger partial charge in [0.25, 0.3) is 0 Å². The normalized spacial score (nSPS) is 19.2. The Morgan fingerprint density at radius 1 is 0.971 bits per heavy atom. The van der Waals surface area contributed by atoms with Crippen molar-refractivity contribution >= 4 is 5.97 Å². The fourth-order valence-corrected chi connectivity index (χ4v) is 5.43. The number of hydrogen-bond acceptors (Lipinski definition) is 3. The van der Waals surface area contributed by atoms with Crippen LogP contribution in [0.1, 0.15) is 121 Å². The molecule has 3 atom stereocenters. The molecule has 1 aromatic carbocycles. The fourth-order valence-electron chi connectivity index (χ4n) is 5.43. The molecule has 192 valence electrons. The summed E-state index contributed by atoms with van der Waals surface area (Å²) in [5.41, 5.74) is 5.58. The monoisotopic (exact) mass is 470 g/mol. The number of hydrogen-bond donors (Lipinski definition) is 0. The van der Waals surface area contributed by atoms with E-state index in [2.05, 4.69) is 48.1 Å². The van der Waals surface area contributed by atoms with E-state index >= 15 is 0 Å². The van der Waals surface area contributed by atoms with Crippen LogP contribution in [0.15, 0.2) is 12.2 Å². The van der Waals surface area contributed by atoms with Gasteiger partial charge < -0.3 is 9.47 Å². The maximum Gasteiger partial charge on any atom is 0.308 e. The number of rotatable bonds is 13. The number of ether oxygens (including phenoxy) is 2. The predicted molar refractivity (Wildman–Crippen MR) is 144 cm³/mol. The van der Waals surface area contributed by atoms with Gasteiger partial charge >= 0.3 is 5.97 Å². The quantitative estimate of drug-likeness (QED) is 0.164. The van der Waals surface area contributed by atoms with Gasteiger partial charge in [-0.25, -0.2) is 0 Å². The summed E-state index contributed by atoms with van der Waals surface area (Å²) in [6, 6.07) is 0. The van der Waals surface area contributed by atoms with E-state index in [0.29, 0.717) is 0 Å². The molecule has 34 heavy (non-hydrogen) atoms. The molecule has 1 heterocycles. The van der Waals surface area contributed by atoms with Crippen molar-refractivity contribution in [3.63, 3.8) is 0 Å². The average Bonchev–Trinajstić information content (AvgIpc) is 2.74. The van der Waals surface area contributed by atoms with Crippen LogP contribution in [0, 0.1) is 32.6 Å². The van der Waals surface area contributed by atoms with E-state index < -0.39 is 0 Å². The van der Waals surface area contributed by atoms with Crippen LogP contribution in [0.5, 0.6) is 11.5 Å². The molecule has 1 aromatic rings. The van der Waals surface area contributed by atoms with Crippen LogP contribution in [0.4, 0.5) is 0 Å². The largest absolute Gasteiger partial charge is 0.487 e. The van der Waals surface area contributed by atoms with Gasteiger partial charge in [-0.2, -0.15) is 0 Å². The molecule has 0 N–H and O–H groups in total. The Morgan fingerprint density at radius 3 is 2.15 bits per heavy atom. The molecule has 3 unspecified atom stereocenters. The lowest BCUT2D eigenvalue weighted by atomic mass is 9.83. The number of carbonyl (C=O) groups excluding carboxylic acids is 1. The van der Waals surface area contributed by atoms with E-state index in [1.54, 1.807) is 0 Å². The fraction of sp³-hybridized carbons (Fsp3) is 0.710. The Bertz CT molecular complexity index is 853. The molecule has 0 fully saturated rings. The second kappa shape index (κ2) is 12.8. The molecular weight excluding hydrogens is 420 g/mol. The topological polar surface area (TPSA) is 35.5 Å². The van der Waals surface area contributed by atoms with Gasteiger partial charge in [-0.05, 0) is 102 Å². The van der Waals surface area contributed by atoms with Crippen LogP contribution in [-0.4, -0.2) is 11.6 Å². The Hall–Kier alpha value is -1.77. The van der Waals surface area contributed by atoms with Crippen molar-refractivity contribution in [2.45, 2.75) is 132 Å². The molecule has 0 spiro atoms. The van der Waals surface area contributed by atoms with E-state index in [0.717, 1.165) is 59.3 Å². The molecule has 1 aliphatic heterocycles. The van der Waals surface area contributed by atoms with Crippen LogP contribution >= 0.6 is 0 Å². The lowest BCUT2D eigenvalue weighted by Crippen LogP contribution is -2.37. The second-order valence-corrected chi connectivity index (χ2v) is 11.5. The lowest BCUT2D eigenvalue weighted by Gasteiger charge is -2.38. The zero-order valence-corrected chi connectivity index (χ0v) is 23.4. The minimum Gasteiger partial charge on any atom is -0.487 e. The van der Waals surface area contributed by atoms with Crippen LogP contribution in [0.25, 0.3) is 0 Å². The first-order chi connectivity index (χ1) is 15.9. The molecule has 0 saturated heterocycles. The summed E-state index contributed by atoms with van der Waals surface area (Å²) in [5.74, 6) is 3.08. The highest BCUT2D eigenvalue weighted by atomic mass is 16.5. The van der Waals surface area contributed by atoms with Gasteiger partial charge in [0.15, 0.2) is 0 Å². The summed E-state index contributed by atoms with van der Waals surface area (Å²) < 4.78 is 12.2. The van der Waals surface area contributed by atoms with Crippen molar-refractivity contribution < 1.29 is 14.3 Å². The zero-order chi connectivity index (χ0) is 25.5. The Balaban J connectivity index is 1.83. The second-order valence-electron chi connectivity index (χ2n) is 11.5. The molecule has 0 bridgehead atoms. The summed E-state index contributed by atoms with van der Waals surface area (Å²) in [5, 5.41) is 0. The minimum absolute atomic E-state index is 0.114. The van der Waals surface area contributed by atoms with Crippen molar-refractivity contribution in [3.8, 4) is 11.5 Å². The number of esters is 1.